The fourth-order valence-electron chi connectivity index (χ4n) is 2.69. The lowest BCUT2D eigenvalue weighted by Crippen LogP contribution is -2.34. The first-order valence-corrected chi connectivity index (χ1v) is 6.94. The smallest absolute Gasteiger partial charge is 0.317 e. The van der Waals surface area contributed by atoms with Gasteiger partial charge in [-0.2, -0.15) is 0 Å². The first-order chi connectivity index (χ1) is 9.84. The van der Waals surface area contributed by atoms with Crippen LogP contribution >= 0.6 is 0 Å². The summed E-state index contributed by atoms with van der Waals surface area (Å²) in [5.74, 6) is 0. The zero-order valence-electron chi connectivity index (χ0n) is 11.3. The van der Waals surface area contributed by atoms with E-state index in [9.17, 15) is 4.79 Å². The number of likely N-dealkylation sites (tertiary alicyclic amines) is 1. The Bertz CT molecular complexity index is 568. The molecule has 0 aromatic heterocycles. The summed E-state index contributed by atoms with van der Waals surface area (Å²) in [5, 5.41) is 2.92. The normalized spacial score (nSPS) is 18.0. The molecule has 101 valence electrons. The summed E-state index contributed by atoms with van der Waals surface area (Å²) < 4.78 is 0. The fourth-order valence-corrected chi connectivity index (χ4v) is 2.69. The molecule has 1 heterocycles. The standard InChI is InChI=1S/C17H17N2O/c20-17(18-15-10-5-2-6-11-15)19-13-7-12-16(19)14-8-3-1-4-9-14/h1-6,8-10,16H,7,12-13H2,(H,18,20). The van der Waals surface area contributed by atoms with Crippen LogP contribution in [0.3, 0.4) is 0 Å². The molecule has 20 heavy (non-hydrogen) atoms. The van der Waals surface area contributed by atoms with E-state index < -0.39 is 0 Å². The number of amides is 2. The van der Waals surface area contributed by atoms with Gasteiger partial charge in [0.05, 0.1) is 11.7 Å². The lowest BCUT2D eigenvalue weighted by molar-refractivity contribution is 0.207. The molecule has 3 nitrogen and oxygen atoms in total. The highest BCUT2D eigenvalue weighted by Crippen LogP contribution is 2.32. The Balaban J connectivity index is 1.74. The second-order valence-corrected chi connectivity index (χ2v) is 4.97. The van der Waals surface area contributed by atoms with Crippen molar-refractivity contribution in [2.24, 2.45) is 0 Å². The maximum absolute atomic E-state index is 12.4. The third-order valence-corrected chi connectivity index (χ3v) is 3.65. The van der Waals surface area contributed by atoms with Gasteiger partial charge in [-0.25, -0.2) is 4.79 Å². The molecular weight excluding hydrogens is 248 g/mol. The fraction of sp³-hybridized carbons (Fsp3) is 0.235. The number of carbonyl (C=O) groups excluding carboxylic acids is 1. The van der Waals surface area contributed by atoms with Gasteiger partial charge in [0, 0.05) is 12.6 Å². The molecule has 1 unspecified atom stereocenters. The number of benzene rings is 2. The van der Waals surface area contributed by atoms with Crippen molar-refractivity contribution in [3.05, 3.63) is 66.2 Å². The first-order valence-electron chi connectivity index (χ1n) is 6.94. The van der Waals surface area contributed by atoms with Gasteiger partial charge < -0.3 is 10.2 Å². The molecule has 2 amide bonds. The van der Waals surface area contributed by atoms with Crippen molar-refractivity contribution < 1.29 is 4.79 Å². The van der Waals surface area contributed by atoms with Crippen LogP contribution in [-0.4, -0.2) is 17.5 Å². The molecule has 1 aliphatic heterocycles. The lowest BCUT2D eigenvalue weighted by atomic mass is 10.1. The van der Waals surface area contributed by atoms with Gasteiger partial charge in [0.2, 0.25) is 0 Å². The molecule has 3 rings (SSSR count). The maximum Gasteiger partial charge on any atom is 0.322 e. The molecule has 0 saturated carbocycles. The predicted molar refractivity (Wildman–Crippen MR) is 79.4 cm³/mol. The van der Waals surface area contributed by atoms with Crippen LogP contribution in [0.15, 0.2) is 54.6 Å². The molecule has 0 bridgehead atoms. The van der Waals surface area contributed by atoms with Gasteiger partial charge in [-0.05, 0) is 24.5 Å². The number of hydrogen-bond donors (Lipinski definition) is 1. The lowest BCUT2D eigenvalue weighted by Gasteiger charge is -2.25. The summed E-state index contributed by atoms with van der Waals surface area (Å²) in [5.41, 5.74) is 1.92. The molecule has 1 atom stereocenters. The van der Waals surface area contributed by atoms with E-state index in [1.165, 1.54) is 5.56 Å². The summed E-state index contributed by atoms with van der Waals surface area (Å²) in [6.45, 7) is 0.804. The van der Waals surface area contributed by atoms with Crippen LogP contribution in [0, 0.1) is 6.07 Å². The minimum absolute atomic E-state index is 0.0428. The van der Waals surface area contributed by atoms with Gasteiger partial charge >= 0.3 is 6.03 Å². The molecular formula is C17H17N2O. The second kappa shape index (κ2) is 5.78. The van der Waals surface area contributed by atoms with Crippen LogP contribution in [0.2, 0.25) is 0 Å². The first kappa shape index (κ1) is 12.7. The summed E-state index contributed by atoms with van der Waals surface area (Å²) in [6.07, 6.45) is 2.07. The van der Waals surface area contributed by atoms with Gasteiger partial charge in [-0.3, -0.25) is 0 Å². The number of para-hydroxylation sites is 1. The van der Waals surface area contributed by atoms with E-state index in [2.05, 4.69) is 23.5 Å². The Labute approximate surface area is 119 Å². The van der Waals surface area contributed by atoms with E-state index in [1.807, 2.05) is 41.3 Å². The van der Waals surface area contributed by atoms with Gasteiger partial charge in [0.1, 0.15) is 0 Å². The second-order valence-electron chi connectivity index (χ2n) is 4.97. The highest BCUT2D eigenvalue weighted by molar-refractivity contribution is 5.89. The Morgan fingerprint density at radius 2 is 1.95 bits per heavy atom. The molecule has 1 N–H and O–H groups in total. The van der Waals surface area contributed by atoms with Gasteiger partial charge in [0.15, 0.2) is 0 Å². The highest BCUT2D eigenvalue weighted by atomic mass is 16.2. The maximum atomic E-state index is 12.4. The molecule has 1 saturated heterocycles. The van der Waals surface area contributed by atoms with E-state index >= 15 is 0 Å². The van der Waals surface area contributed by atoms with Crippen molar-refractivity contribution in [1.29, 1.82) is 0 Å². The van der Waals surface area contributed by atoms with Crippen molar-refractivity contribution in [3.63, 3.8) is 0 Å². The van der Waals surface area contributed by atoms with E-state index in [1.54, 1.807) is 6.07 Å². The average molecular weight is 265 g/mol. The third kappa shape index (κ3) is 2.67. The summed E-state index contributed by atoms with van der Waals surface area (Å²) >= 11 is 0. The largest absolute Gasteiger partial charge is 0.322 e. The van der Waals surface area contributed by atoms with Crippen molar-refractivity contribution >= 4 is 11.7 Å². The predicted octanol–water partition coefficient (Wildman–Crippen LogP) is 3.86. The van der Waals surface area contributed by atoms with Crippen molar-refractivity contribution in [2.45, 2.75) is 18.9 Å². The Hall–Kier alpha value is -2.29. The molecule has 1 fully saturated rings. The average Bonchev–Trinajstić information content (AvgIpc) is 2.99. The molecule has 2 aromatic rings. The number of nitrogens with one attached hydrogen (secondary N) is 1. The van der Waals surface area contributed by atoms with Crippen molar-refractivity contribution in [1.82, 2.24) is 4.90 Å². The van der Waals surface area contributed by atoms with E-state index in [-0.39, 0.29) is 12.1 Å². The molecule has 2 aromatic carbocycles. The van der Waals surface area contributed by atoms with Gasteiger partial charge in [-0.1, -0.05) is 48.5 Å². The zero-order valence-corrected chi connectivity index (χ0v) is 11.3. The van der Waals surface area contributed by atoms with Gasteiger partial charge in [0.25, 0.3) is 0 Å². The minimum atomic E-state index is -0.0428. The summed E-state index contributed by atoms with van der Waals surface area (Å²) in [4.78, 5) is 14.3. The number of carbonyl (C=O) groups is 1. The van der Waals surface area contributed by atoms with Crippen molar-refractivity contribution in [2.75, 3.05) is 11.9 Å². The molecule has 3 heteroatoms. The molecule has 0 spiro atoms. The van der Waals surface area contributed by atoms with Gasteiger partial charge in [-0.15, -0.1) is 0 Å². The molecule has 1 radical (unpaired) electrons. The quantitative estimate of drug-likeness (QED) is 0.878. The number of nitrogens with zero attached hydrogens (tertiary/aromatic N) is 1. The Morgan fingerprint density at radius 3 is 2.70 bits per heavy atom. The van der Waals surface area contributed by atoms with Crippen LogP contribution in [-0.2, 0) is 0 Å². The molecule has 1 aliphatic rings. The van der Waals surface area contributed by atoms with Crippen molar-refractivity contribution in [3.8, 4) is 0 Å². The van der Waals surface area contributed by atoms with E-state index in [0.717, 1.165) is 25.1 Å². The summed E-state index contributed by atoms with van der Waals surface area (Å²) in [6, 6.07) is 20.8. The monoisotopic (exact) mass is 265 g/mol. The number of anilines is 1. The van der Waals surface area contributed by atoms with Crippen LogP contribution in [0.5, 0.6) is 0 Å². The molecule has 0 aliphatic carbocycles. The minimum Gasteiger partial charge on any atom is -0.317 e. The summed E-state index contributed by atoms with van der Waals surface area (Å²) in [7, 11) is 0. The number of hydrogen-bond acceptors (Lipinski definition) is 1. The Morgan fingerprint density at radius 1 is 1.15 bits per heavy atom. The number of rotatable bonds is 2. The van der Waals surface area contributed by atoms with Crippen LogP contribution < -0.4 is 5.32 Å². The highest BCUT2D eigenvalue weighted by Gasteiger charge is 2.29. The van der Waals surface area contributed by atoms with E-state index in [4.69, 9.17) is 0 Å². The zero-order chi connectivity index (χ0) is 13.8. The van der Waals surface area contributed by atoms with Crippen LogP contribution in [0.4, 0.5) is 10.5 Å². The van der Waals surface area contributed by atoms with Crippen LogP contribution in [0.1, 0.15) is 24.4 Å². The Kier molecular flexibility index (Phi) is 3.68. The third-order valence-electron chi connectivity index (χ3n) is 3.65. The van der Waals surface area contributed by atoms with Crippen LogP contribution in [0.25, 0.3) is 0 Å². The number of urea groups is 1. The topological polar surface area (TPSA) is 32.3 Å². The van der Waals surface area contributed by atoms with E-state index in [0.29, 0.717) is 0 Å². The SMILES string of the molecule is O=C(Nc1[c]cccc1)N1CCCC1c1ccccc1.